The van der Waals surface area contributed by atoms with Crippen molar-refractivity contribution in [1.82, 2.24) is 5.01 Å². The fourth-order valence-corrected chi connectivity index (χ4v) is 4.35. The molecule has 0 aromatic heterocycles. The molecule has 1 N–H and O–H groups in total. The fraction of sp³-hybridized carbons (Fsp3) is 0.240. The zero-order valence-electron chi connectivity index (χ0n) is 18.1. The Bertz CT molecular complexity index is 1190. The molecule has 0 spiro atoms. The third kappa shape index (κ3) is 3.17. The van der Waals surface area contributed by atoms with Gasteiger partial charge < -0.3 is 24.1 Å². The van der Waals surface area contributed by atoms with E-state index < -0.39 is 6.23 Å². The van der Waals surface area contributed by atoms with Gasteiger partial charge in [0.25, 0.3) is 0 Å². The van der Waals surface area contributed by atoms with E-state index in [2.05, 4.69) is 0 Å². The van der Waals surface area contributed by atoms with Crippen molar-refractivity contribution >= 4 is 5.71 Å². The average molecular weight is 432 g/mol. The molecule has 0 bridgehead atoms. The number of hydrazone groups is 1. The van der Waals surface area contributed by atoms with Crippen molar-refractivity contribution in [3.05, 3.63) is 77.4 Å². The van der Waals surface area contributed by atoms with Gasteiger partial charge in [0.15, 0.2) is 11.5 Å². The Morgan fingerprint density at radius 3 is 2.47 bits per heavy atom. The van der Waals surface area contributed by atoms with E-state index in [0.29, 0.717) is 35.0 Å². The average Bonchev–Trinajstić information content (AvgIpc) is 3.28. The standard InChI is InChI=1S/C25H24N2O5/c1-29-15-11-12-18(23(13-15)31-3)25-27-20(17-8-6-10-22(30-2)24(17)32-25)14-19(26-27)16-7-4-5-9-21(16)28/h4-13,20,25,28H,14H2,1-3H3/t20-,25+/m1/s1. The Balaban J connectivity index is 1.66. The second kappa shape index (κ2) is 8.00. The van der Waals surface area contributed by atoms with E-state index in [9.17, 15) is 5.11 Å². The lowest BCUT2D eigenvalue weighted by Gasteiger charge is -2.39. The van der Waals surface area contributed by atoms with Crippen molar-refractivity contribution < 1.29 is 24.1 Å². The van der Waals surface area contributed by atoms with E-state index in [1.165, 1.54) is 0 Å². The number of fused-ring (bicyclic) bond motifs is 3. The maximum Gasteiger partial charge on any atom is 0.217 e. The lowest BCUT2D eigenvalue weighted by Crippen LogP contribution is -2.34. The molecule has 2 heterocycles. The van der Waals surface area contributed by atoms with Crippen molar-refractivity contribution in [2.45, 2.75) is 18.7 Å². The molecule has 7 heteroatoms. The van der Waals surface area contributed by atoms with Crippen LogP contribution in [-0.2, 0) is 0 Å². The van der Waals surface area contributed by atoms with Gasteiger partial charge in [-0.1, -0.05) is 24.3 Å². The minimum Gasteiger partial charge on any atom is -0.507 e. The van der Waals surface area contributed by atoms with Crippen molar-refractivity contribution in [2.24, 2.45) is 5.10 Å². The third-order valence-electron chi connectivity index (χ3n) is 5.92. The summed E-state index contributed by atoms with van der Waals surface area (Å²) < 4.78 is 23.1. The van der Waals surface area contributed by atoms with E-state index in [1.807, 2.05) is 53.5 Å². The van der Waals surface area contributed by atoms with Gasteiger partial charge in [-0.25, -0.2) is 5.01 Å². The predicted octanol–water partition coefficient (Wildman–Crippen LogP) is 4.66. The molecule has 3 aromatic carbocycles. The molecule has 0 fully saturated rings. The molecule has 0 unspecified atom stereocenters. The number of ether oxygens (including phenoxy) is 4. The van der Waals surface area contributed by atoms with Crippen LogP contribution in [0, 0.1) is 0 Å². The van der Waals surface area contributed by atoms with E-state index in [-0.39, 0.29) is 11.8 Å². The molecular formula is C25H24N2O5. The number of benzene rings is 3. The number of phenols is 1. The highest BCUT2D eigenvalue weighted by molar-refractivity contribution is 6.04. The monoisotopic (exact) mass is 432 g/mol. The van der Waals surface area contributed by atoms with Crippen LogP contribution in [0.5, 0.6) is 28.7 Å². The van der Waals surface area contributed by atoms with Gasteiger partial charge in [0.1, 0.15) is 17.2 Å². The minimum absolute atomic E-state index is 0.0831. The Hall–Kier alpha value is -3.87. The number of hydrogen-bond donors (Lipinski definition) is 1. The highest BCUT2D eigenvalue weighted by atomic mass is 16.5. The molecule has 0 saturated heterocycles. The summed E-state index contributed by atoms with van der Waals surface area (Å²) in [4.78, 5) is 0. The van der Waals surface area contributed by atoms with Crippen LogP contribution in [-0.4, -0.2) is 37.2 Å². The van der Waals surface area contributed by atoms with Gasteiger partial charge in [0, 0.05) is 23.6 Å². The van der Waals surface area contributed by atoms with Crippen LogP contribution >= 0.6 is 0 Å². The predicted molar refractivity (Wildman–Crippen MR) is 120 cm³/mol. The second-order valence-electron chi connectivity index (χ2n) is 7.62. The van der Waals surface area contributed by atoms with Crippen LogP contribution in [0.3, 0.4) is 0 Å². The summed E-state index contributed by atoms with van der Waals surface area (Å²) >= 11 is 0. The lowest BCUT2D eigenvalue weighted by atomic mass is 9.95. The van der Waals surface area contributed by atoms with Crippen LogP contribution in [0.2, 0.25) is 0 Å². The summed E-state index contributed by atoms with van der Waals surface area (Å²) in [5, 5.41) is 17.3. The van der Waals surface area contributed by atoms with Crippen LogP contribution in [0.4, 0.5) is 0 Å². The fourth-order valence-electron chi connectivity index (χ4n) is 4.35. The van der Waals surface area contributed by atoms with Crippen molar-refractivity contribution in [3.8, 4) is 28.7 Å². The zero-order valence-corrected chi connectivity index (χ0v) is 18.1. The summed E-state index contributed by atoms with van der Waals surface area (Å²) in [6, 6.07) is 18.7. The lowest BCUT2D eigenvalue weighted by molar-refractivity contribution is -0.0222. The molecule has 164 valence electrons. The normalized spacial score (nSPS) is 18.8. The largest absolute Gasteiger partial charge is 0.507 e. The topological polar surface area (TPSA) is 72.8 Å². The van der Waals surface area contributed by atoms with Gasteiger partial charge in [0.2, 0.25) is 6.23 Å². The number of phenolic OH excluding ortho intramolecular Hbond substituents is 1. The highest BCUT2D eigenvalue weighted by Crippen LogP contribution is 2.52. The number of para-hydroxylation sites is 2. The second-order valence-corrected chi connectivity index (χ2v) is 7.62. The summed E-state index contributed by atoms with van der Waals surface area (Å²) in [6.45, 7) is 0. The third-order valence-corrected chi connectivity index (χ3v) is 5.92. The van der Waals surface area contributed by atoms with Crippen LogP contribution < -0.4 is 18.9 Å². The van der Waals surface area contributed by atoms with Crippen molar-refractivity contribution in [2.75, 3.05) is 21.3 Å². The van der Waals surface area contributed by atoms with Crippen LogP contribution in [0.15, 0.2) is 65.8 Å². The minimum atomic E-state index is -0.548. The zero-order chi connectivity index (χ0) is 22.2. The first-order chi connectivity index (χ1) is 15.6. The summed E-state index contributed by atoms with van der Waals surface area (Å²) in [7, 11) is 4.87. The molecular weight excluding hydrogens is 408 g/mol. The van der Waals surface area contributed by atoms with Gasteiger partial charge in [-0.05, 0) is 30.3 Å². The molecule has 2 aliphatic rings. The first-order valence-electron chi connectivity index (χ1n) is 10.3. The van der Waals surface area contributed by atoms with Gasteiger partial charge in [-0.15, -0.1) is 0 Å². The molecule has 0 amide bonds. The van der Waals surface area contributed by atoms with Crippen LogP contribution in [0.1, 0.15) is 35.4 Å². The SMILES string of the molecule is COc1ccc([C@@H]2Oc3c(OC)cccc3[C@H]3CC(c4ccccc4O)=NN32)c(OC)c1. The molecule has 0 saturated carbocycles. The van der Waals surface area contributed by atoms with Crippen molar-refractivity contribution in [1.29, 1.82) is 0 Å². The summed E-state index contributed by atoms with van der Waals surface area (Å²) in [6.07, 6.45) is 0.0730. The number of rotatable bonds is 5. The molecule has 2 atom stereocenters. The van der Waals surface area contributed by atoms with Crippen LogP contribution in [0.25, 0.3) is 0 Å². The van der Waals surface area contributed by atoms with Gasteiger partial charge >= 0.3 is 0 Å². The van der Waals surface area contributed by atoms with E-state index in [4.69, 9.17) is 24.0 Å². The molecule has 7 nitrogen and oxygen atoms in total. The Morgan fingerprint density at radius 2 is 1.72 bits per heavy atom. The van der Waals surface area contributed by atoms with E-state index in [0.717, 1.165) is 16.8 Å². The van der Waals surface area contributed by atoms with Crippen molar-refractivity contribution in [3.63, 3.8) is 0 Å². The first-order valence-corrected chi connectivity index (χ1v) is 10.3. The van der Waals surface area contributed by atoms with Gasteiger partial charge in [-0.3, -0.25) is 0 Å². The maximum atomic E-state index is 10.4. The summed E-state index contributed by atoms with van der Waals surface area (Å²) in [5.41, 5.74) is 3.32. The molecule has 0 radical (unpaired) electrons. The number of nitrogens with zero attached hydrogens (tertiary/aromatic N) is 2. The molecule has 3 aromatic rings. The quantitative estimate of drug-likeness (QED) is 0.632. The smallest absolute Gasteiger partial charge is 0.217 e. The number of hydrogen-bond acceptors (Lipinski definition) is 7. The van der Waals surface area contributed by atoms with E-state index >= 15 is 0 Å². The van der Waals surface area contributed by atoms with E-state index in [1.54, 1.807) is 33.5 Å². The van der Waals surface area contributed by atoms with Gasteiger partial charge in [-0.2, -0.15) is 5.10 Å². The Morgan fingerprint density at radius 1 is 0.906 bits per heavy atom. The maximum absolute atomic E-state index is 10.4. The molecule has 2 aliphatic heterocycles. The summed E-state index contributed by atoms with van der Waals surface area (Å²) in [5.74, 6) is 2.88. The molecule has 32 heavy (non-hydrogen) atoms. The Kier molecular flexibility index (Phi) is 5.01. The number of methoxy groups -OCH3 is 3. The molecule has 5 rings (SSSR count). The number of aromatic hydroxyl groups is 1. The highest BCUT2D eigenvalue weighted by Gasteiger charge is 2.43. The van der Waals surface area contributed by atoms with Gasteiger partial charge in [0.05, 0.1) is 38.6 Å². The first kappa shape index (κ1) is 20.1. The Labute approximate surface area is 186 Å². The molecule has 0 aliphatic carbocycles.